The average Bonchev–Trinajstić information content (AvgIpc) is 3.24. The van der Waals surface area contributed by atoms with Crippen LogP contribution in [0.25, 0.3) is 11.3 Å². The third-order valence-electron chi connectivity index (χ3n) is 6.35. The molecule has 1 aliphatic heterocycles. The van der Waals surface area contributed by atoms with E-state index in [0.29, 0.717) is 6.04 Å². The monoisotopic (exact) mass is 419 g/mol. The lowest BCUT2D eigenvalue weighted by atomic mass is 9.88. The van der Waals surface area contributed by atoms with Gasteiger partial charge in [-0.1, -0.05) is 24.4 Å². The number of likely N-dealkylation sites (tertiary alicyclic amines) is 1. The third kappa shape index (κ3) is 4.54. The number of amides is 1. The minimum absolute atomic E-state index is 0.000969. The number of nitrogens with zero attached hydrogens (tertiary/aromatic N) is 2. The van der Waals surface area contributed by atoms with Gasteiger partial charge in [0.15, 0.2) is 11.5 Å². The lowest BCUT2D eigenvalue weighted by molar-refractivity contribution is 0.0473. The Morgan fingerprint density at radius 2 is 2.00 bits per heavy atom. The molecular formula is C22H27F2N3O3. The van der Waals surface area contributed by atoms with Crippen LogP contribution in [0.3, 0.4) is 0 Å². The van der Waals surface area contributed by atoms with E-state index in [4.69, 9.17) is 4.52 Å². The number of nitrogens with one attached hydrogen (secondary N) is 1. The van der Waals surface area contributed by atoms with Gasteiger partial charge in [0.05, 0.1) is 5.56 Å². The Morgan fingerprint density at radius 1 is 1.20 bits per heavy atom. The molecule has 0 unspecified atom stereocenters. The zero-order chi connectivity index (χ0) is 21.1. The van der Waals surface area contributed by atoms with Crippen molar-refractivity contribution in [2.75, 3.05) is 19.7 Å². The van der Waals surface area contributed by atoms with Crippen molar-refractivity contribution in [3.05, 3.63) is 41.6 Å². The van der Waals surface area contributed by atoms with Crippen LogP contribution in [0.1, 0.15) is 49.0 Å². The highest BCUT2D eigenvalue weighted by Crippen LogP contribution is 2.28. The maximum absolute atomic E-state index is 13.9. The molecule has 1 saturated carbocycles. The smallest absolute Gasteiger partial charge is 0.273 e. The highest BCUT2D eigenvalue weighted by molar-refractivity contribution is 5.93. The molecule has 2 fully saturated rings. The molecule has 0 radical (unpaired) electrons. The van der Waals surface area contributed by atoms with Gasteiger partial charge in [0.2, 0.25) is 0 Å². The highest BCUT2D eigenvalue weighted by Gasteiger charge is 2.34. The Labute approximate surface area is 174 Å². The van der Waals surface area contributed by atoms with E-state index in [1.165, 1.54) is 44.2 Å². The number of halogens is 2. The van der Waals surface area contributed by atoms with Crippen LogP contribution in [0.5, 0.6) is 0 Å². The van der Waals surface area contributed by atoms with Gasteiger partial charge in [0.25, 0.3) is 5.91 Å². The molecule has 2 aliphatic rings. The third-order valence-corrected chi connectivity index (χ3v) is 6.35. The van der Waals surface area contributed by atoms with Crippen molar-refractivity contribution < 1.29 is 23.2 Å². The van der Waals surface area contributed by atoms with Crippen molar-refractivity contribution in [3.63, 3.8) is 0 Å². The fraction of sp³-hybridized carbons (Fsp3) is 0.545. The SMILES string of the molecule is O=C(N[C@H]1CCN(C2CCCCC2)C[C@@H]1CO)c1cc(-c2ccc(F)cc2F)on1. The van der Waals surface area contributed by atoms with Crippen molar-refractivity contribution >= 4 is 5.91 Å². The Kier molecular flexibility index (Phi) is 6.43. The predicted octanol–water partition coefficient (Wildman–Crippen LogP) is 3.37. The van der Waals surface area contributed by atoms with Crippen LogP contribution in [-0.4, -0.2) is 52.9 Å². The molecule has 162 valence electrons. The molecule has 1 amide bonds. The van der Waals surface area contributed by atoms with Gasteiger partial charge >= 0.3 is 0 Å². The Balaban J connectivity index is 1.39. The summed E-state index contributed by atoms with van der Waals surface area (Å²) in [7, 11) is 0. The molecule has 2 aromatic rings. The number of aromatic nitrogens is 1. The molecule has 1 aliphatic carbocycles. The van der Waals surface area contributed by atoms with Crippen molar-refractivity contribution in [2.45, 2.75) is 50.6 Å². The van der Waals surface area contributed by atoms with Gasteiger partial charge < -0.3 is 14.9 Å². The minimum atomic E-state index is -0.784. The number of hydrogen-bond donors (Lipinski definition) is 2. The second-order valence-electron chi connectivity index (χ2n) is 8.30. The summed E-state index contributed by atoms with van der Waals surface area (Å²) in [6, 6.07) is 4.88. The van der Waals surface area contributed by atoms with Crippen LogP contribution >= 0.6 is 0 Å². The van der Waals surface area contributed by atoms with Crippen LogP contribution in [0, 0.1) is 17.6 Å². The number of rotatable bonds is 5. The van der Waals surface area contributed by atoms with Gasteiger partial charge in [-0.05, 0) is 31.4 Å². The number of aliphatic hydroxyl groups excluding tert-OH is 1. The zero-order valence-electron chi connectivity index (χ0n) is 16.8. The van der Waals surface area contributed by atoms with Gasteiger partial charge in [-0.3, -0.25) is 9.69 Å². The summed E-state index contributed by atoms with van der Waals surface area (Å²) in [4.78, 5) is 15.1. The van der Waals surface area contributed by atoms with E-state index in [1.807, 2.05) is 0 Å². The second kappa shape index (κ2) is 9.22. The molecule has 4 rings (SSSR count). The summed E-state index contributed by atoms with van der Waals surface area (Å²) in [5.74, 6) is -1.90. The van der Waals surface area contributed by atoms with Crippen LogP contribution in [0.15, 0.2) is 28.8 Å². The summed E-state index contributed by atoms with van der Waals surface area (Å²) in [6.07, 6.45) is 6.98. The standard InChI is InChI=1S/C22H27F2N3O3/c23-15-6-7-17(18(24)10-15)21-11-20(26-30-21)22(29)25-19-8-9-27(12-14(19)13-28)16-4-2-1-3-5-16/h6-7,10-11,14,16,19,28H,1-5,8-9,12-13H2,(H,25,29)/t14-,19+/m1/s1. The van der Waals surface area contributed by atoms with Crippen molar-refractivity contribution in [2.24, 2.45) is 5.92 Å². The Hall–Kier alpha value is -2.32. The first-order valence-corrected chi connectivity index (χ1v) is 10.6. The van der Waals surface area contributed by atoms with Gasteiger partial charge in [0.1, 0.15) is 11.6 Å². The first-order chi connectivity index (χ1) is 14.5. The molecule has 1 aromatic carbocycles. The van der Waals surface area contributed by atoms with E-state index in [1.54, 1.807) is 0 Å². The van der Waals surface area contributed by atoms with Gasteiger partial charge in [-0.2, -0.15) is 0 Å². The number of carbonyl (C=O) groups is 1. The van der Waals surface area contributed by atoms with E-state index < -0.39 is 17.5 Å². The molecule has 0 spiro atoms. The molecule has 2 N–H and O–H groups in total. The molecule has 0 bridgehead atoms. The first-order valence-electron chi connectivity index (χ1n) is 10.6. The van der Waals surface area contributed by atoms with Gasteiger partial charge in [-0.15, -0.1) is 0 Å². The van der Waals surface area contributed by atoms with Crippen molar-refractivity contribution in [1.29, 1.82) is 0 Å². The largest absolute Gasteiger partial charge is 0.396 e. The van der Waals surface area contributed by atoms with Crippen LogP contribution < -0.4 is 5.32 Å². The van der Waals surface area contributed by atoms with E-state index in [0.717, 1.165) is 31.6 Å². The van der Waals surface area contributed by atoms with Crippen molar-refractivity contribution in [3.8, 4) is 11.3 Å². The lowest BCUT2D eigenvalue weighted by Gasteiger charge is -2.43. The van der Waals surface area contributed by atoms with Gasteiger partial charge in [0, 0.05) is 49.8 Å². The molecule has 30 heavy (non-hydrogen) atoms. The predicted molar refractivity (Wildman–Crippen MR) is 107 cm³/mol. The number of benzene rings is 1. The van der Waals surface area contributed by atoms with E-state index in [-0.39, 0.29) is 35.6 Å². The fourth-order valence-electron chi connectivity index (χ4n) is 4.65. The molecule has 1 aromatic heterocycles. The van der Waals surface area contributed by atoms with E-state index in [2.05, 4.69) is 15.4 Å². The Bertz CT molecular complexity index is 882. The summed E-state index contributed by atoms with van der Waals surface area (Å²) in [5.41, 5.74) is 0.0668. The maximum atomic E-state index is 13.9. The maximum Gasteiger partial charge on any atom is 0.273 e. The summed E-state index contributed by atoms with van der Waals surface area (Å²) < 4.78 is 32.1. The second-order valence-corrected chi connectivity index (χ2v) is 8.30. The van der Waals surface area contributed by atoms with Crippen molar-refractivity contribution in [1.82, 2.24) is 15.4 Å². The minimum Gasteiger partial charge on any atom is -0.396 e. The van der Waals surface area contributed by atoms with E-state index in [9.17, 15) is 18.7 Å². The Morgan fingerprint density at radius 3 is 2.73 bits per heavy atom. The first kappa shape index (κ1) is 20.9. The average molecular weight is 419 g/mol. The van der Waals surface area contributed by atoms with E-state index >= 15 is 0 Å². The quantitative estimate of drug-likeness (QED) is 0.777. The highest BCUT2D eigenvalue weighted by atomic mass is 19.1. The fourth-order valence-corrected chi connectivity index (χ4v) is 4.65. The topological polar surface area (TPSA) is 78.6 Å². The zero-order valence-corrected chi connectivity index (χ0v) is 16.8. The van der Waals surface area contributed by atoms with Crippen LogP contribution in [0.4, 0.5) is 8.78 Å². The number of hydrogen-bond acceptors (Lipinski definition) is 5. The normalized spacial score (nSPS) is 23.4. The summed E-state index contributed by atoms with van der Waals surface area (Å²) >= 11 is 0. The molecular weight excluding hydrogens is 392 g/mol. The molecule has 1 saturated heterocycles. The molecule has 2 atom stereocenters. The number of aliphatic hydroxyl groups is 1. The summed E-state index contributed by atoms with van der Waals surface area (Å²) in [5, 5.41) is 16.6. The lowest BCUT2D eigenvalue weighted by Crippen LogP contribution is -2.54. The number of piperidine rings is 1. The van der Waals surface area contributed by atoms with Crippen LogP contribution in [-0.2, 0) is 0 Å². The van der Waals surface area contributed by atoms with Crippen LogP contribution in [0.2, 0.25) is 0 Å². The van der Waals surface area contributed by atoms with Gasteiger partial charge in [-0.25, -0.2) is 8.78 Å². The summed E-state index contributed by atoms with van der Waals surface area (Å²) in [6.45, 7) is 1.65. The molecule has 8 heteroatoms. The number of carbonyl (C=O) groups excluding carboxylic acids is 1. The molecule has 6 nitrogen and oxygen atoms in total. The molecule has 2 heterocycles.